The third-order valence-electron chi connectivity index (χ3n) is 6.42. The minimum atomic E-state index is -4.10. The predicted molar refractivity (Wildman–Crippen MR) is 152 cm³/mol. The van der Waals surface area contributed by atoms with Crippen molar-refractivity contribution < 1.29 is 18.0 Å². The zero-order chi connectivity index (χ0) is 27.9. The lowest BCUT2D eigenvalue weighted by atomic mass is 10.1. The van der Waals surface area contributed by atoms with E-state index in [0.717, 1.165) is 15.4 Å². The second-order valence-electron chi connectivity index (χ2n) is 9.02. The molecule has 202 valence electrons. The molecule has 3 rings (SSSR count). The number of benzene rings is 3. The smallest absolute Gasteiger partial charge is 0.264 e. The molecule has 2 amide bonds. The molecule has 0 radical (unpaired) electrons. The molecule has 0 spiro atoms. The molecule has 0 bridgehead atoms. The number of nitrogens with one attached hydrogen (secondary N) is 1. The van der Waals surface area contributed by atoms with Gasteiger partial charge >= 0.3 is 0 Å². The highest BCUT2D eigenvalue weighted by Crippen LogP contribution is 2.27. The minimum Gasteiger partial charge on any atom is -0.355 e. The second kappa shape index (κ2) is 12.9. The number of hydrogen-bond acceptors (Lipinski definition) is 4. The Morgan fingerprint density at radius 1 is 0.921 bits per heavy atom. The molecule has 9 heteroatoms. The number of aryl methyl sites for hydroxylation is 2. The summed E-state index contributed by atoms with van der Waals surface area (Å²) < 4.78 is 28.8. The Morgan fingerprint density at radius 3 is 2.18 bits per heavy atom. The molecule has 0 heterocycles. The van der Waals surface area contributed by atoms with E-state index < -0.39 is 28.5 Å². The quantitative estimate of drug-likeness (QED) is 0.357. The third-order valence-corrected chi connectivity index (χ3v) is 8.58. The first-order valence-electron chi connectivity index (χ1n) is 12.6. The summed E-state index contributed by atoms with van der Waals surface area (Å²) in [6, 6.07) is 19.6. The molecule has 0 saturated heterocycles. The van der Waals surface area contributed by atoms with Crippen molar-refractivity contribution in [3.8, 4) is 0 Å². The van der Waals surface area contributed by atoms with Crippen molar-refractivity contribution in [1.82, 2.24) is 10.2 Å². The van der Waals surface area contributed by atoms with Gasteiger partial charge in [0.2, 0.25) is 11.8 Å². The number of halogens is 1. The van der Waals surface area contributed by atoms with Crippen molar-refractivity contribution in [1.29, 1.82) is 0 Å². The normalized spacial score (nSPS) is 12.0. The number of sulfonamides is 1. The van der Waals surface area contributed by atoms with Gasteiger partial charge in [-0.3, -0.25) is 13.9 Å². The maximum atomic E-state index is 14.0. The van der Waals surface area contributed by atoms with Crippen LogP contribution in [0.3, 0.4) is 0 Å². The lowest BCUT2D eigenvalue weighted by Crippen LogP contribution is -2.52. The van der Waals surface area contributed by atoms with Gasteiger partial charge in [-0.2, -0.15) is 0 Å². The Bertz CT molecular complexity index is 1380. The van der Waals surface area contributed by atoms with Crippen molar-refractivity contribution in [2.75, 3.05) is 17.4 Å². The van der Waals surface area contributed by atoms with E-state index in [1.807, 2.05) is 26.8 Å². The highest BCUT2D eigenvalue weighted by Gasteiger charge is 2.33. The molecular formula is C29H34ClN3O4S. The third kappa shape index (κ3) is 6.74. The van der Waals surface area contributed by atoms with E-state index in [4.69, 9.17) is 11.6 Å². The van der Waals surface area contributed by atoms with Crippen LogP contribution in [0.5, 0.6) is 0 Å². The summed E-state index contributed by atoms with van der Waals surface area (Å²) in [6.45, 7) is 7.41. The van der Waals surface area contributed by atoms with Crippen LogP contribution in [0.1, 0.15) is 37.0 Å². The topological polar surface area (TPSA) is 86.8 Å². The van der Waals surface area contributed by atoms with Gasteiger partial charge in [0.1, 0.15) is 12.6 Å². The van der Waals surface area contributed by atoms with E-state index in [9.17, 15) is 18.0 Å². The van der Waals surface area contributed by atoms with Crippen molar-refractivity contribution in [3.05, 3.63) is 94.5 Å². The van der Waals surface area contributed by atoms with Gasteiger partial charge in [0.15, 0.2) is 0 Å². The molecule has 7 nitrogen and oxygen atoms in total. The number of carbonyl (C=O) groups excluding carboxylic acids is 2. The molecular weight excluding hydrogens is 522 g/mol. The maximum absolute atomic E-state index is 14.0. The van der Waals surface area contributed by atoms with Crippen molar-refractivity contribution in [2.45, 2.75) is 51.6 Å². The highest BCUT2D eigenvalue weighted by atomic mass is 35.5. The molecule has 0 saturated carbocycles. The Balaban J connectivity index is 2.08. The number of anilines is 1. The zero-order valence-corrected chi connectivity index (χ0v) is 23.7. The number of amides is 2. The van der Waals surface area contributed by atoms with E-state index in [1.54, 1.807) is 61.5 Å². The van der Waals surface area contributed by atoms with Crippen molar-refractivity contribution >= 4 is 39.1 Å². The van der Waals surface area contributed by atoms with Crippen LogP contribution in [0.4, 0.5) is 5.69 Å². The maximum Gasteiger partial charge on any atom is 0.264 e. The van der Waals surface area contributed by atoms with Crippen LogP contribution in [0.25, 0.3) is 0 Å². The highest BCUT2D eigenvalue weighted by molar-refractivity contribution is 7.92. The van der Waals surface area contributed by atoms with E-state index in [2.05, 4.69) is 5.32 Å². The minimum absolute atomic E-state index is 0.0559. The summed E-state index contributed by atoms with van der Waals surface area (Å²) in [7, 11) is -4.10. The SMILES string of the molecule is CCNC(=O)C(CC)N(Cc1ccccc1Cl)C(=O)CN(c1ccc(C)c(C)c1)S(=O)(=O)c1ccccc1. The fourth-order valence-electron chi connectivity index (χ4n) is 4.15. The van der Waals surface area contributed by atoms with Crippen molar-refractivity contribution in [2.24, 2.45) is 0 Å². The first-order valence-corrected chi connectivity index (χ1v) is 14.4. The number of likely N-dealkylation sites (N-methyl/N-ethyl adjacent to an activating group) is 1. The second-order valence-corrected chi connectivity index (χ2v) is 11.3. The molecule has 0 aliphatic rings. The summed E-state index contributed by atoms with van der Waals surface area (Å²) in [5, 5.41) is 3.25. The fourth-order valence-corrected chi connectivity index (χ4v) is 5.77. The van der Waals surface area contributed by atoms with Crippen LogP contribution < -0.4 is 9.62 Å². The van der Waals surface area contributed by atoms with E-state index in [0.29, 0.717) is 29.2 Å². The average molecular weight is 556 g/mol. The van der Waals surface area contributed by atoms with E-state index >= 15 is 0 Å². The number of carbonyl (C=O) groups is 2. The Kier molecular flexibility index (Phi) is 9.94. The monoisotopic (exact) mass is 555 g/mol. The fraction of sp³-hybridized carbons (Fsp3) is 0.310. The lowest BCUT2D eigenvalue weighted by molar-refractivity contribution is -0.140. The Morgan fingerprint density at radius 2 is 1.58 bits per heavy atom. The van der Waals surface area contributed by atoms with Crippen LogP contribution in [0.15, 0.2) is 77.7 Å². The van der Waals surface area contributed by atoms with Gasteiger partial charge in [-0.1, -0.05) is 61.0 Å². The van der Waals surface area contributed by atoms with Crippen LogP contribution in [0.2, 0.25) is 5.02 Å². The van der Waals surface area contributed by atoms with Gasteiger partial charge in [0.25, 0.3) is 10.0 Å². The molecule has 1 atom stereocenters. The van der Waals surface area contributed by atoms with Gasteiger partial charge in [0, 0.05) is 18.1 Å². The molecule has 0 aromatic heterocycles. The summed E-state index contributed by atoms with van der Waals surface area (Å²) in [5.74, 6) is -0.820. The number of nitrogens with zero attached hydrogens (tertiary/aromatic N) is 2. The van der Waals surface area contributed by atoms with Gasteiger partial charge in [-0.15, -0.1) is 0 Å². The summed E-state index contributed by atoms with van der Waals surface area (Å²) >= 11 is 6.40. The summed E-state index contributed by atoms with van der Waals surface area (Å²) in [6.07, 6.45) is 0.344. The molecule has 0 fully saturated rings. The van der Waals surface area contributed by atoms with Crippen LogP contribution in [0, 0.1) is 13.8 Å². The number of rotatable bonds is 11. The predicted octanol–water partition coefficient (Wildman–Crippen LogP) is 5.10. The molecule has 3 aromatic carbocycles. The molecule has 0 aliphatic heterocycles. The van der Waals surface area contributed by atoms with Gasteiger partial charge in [-0.25, -0.2) is 8.42 Å². The van der Waals surface area contributed by atoms with E-state index in [1.165, 1.54) is 17.0 Å². The molecule has 1 N–H and O–H groups in total. The standard InChI is InChI=1S/C29H34ClN3O4S/c1-5-27(29(35)31-6-2)32(19-23-12-10-11-15-26(23)30)28(34)20-33(24-17-16-21(3)22(4)18-24)38(36,37)25-13-8-7-9-14-25/h7-18,27H,5-6,19-20H2,1-4H3,(H,31,35). The van der Waals surface area contributed by atoms with E-state index in [-0.39, 0.29) is 17.3 Å². The van der Waals surface area contributed by atoms with Crippen LogP contribution in [-0.2, 0) is 26.2 Å². The largest absolute Gasteiger partial charge is 0.355 e. The lowest BCUT2D eigenvalue weighted by Gasteiger charge is -2.33. The van der Waals surface area contributed by atoms with Crippen LogP contribution >= 0.6 is 11.6 Å². The van der Waals surface area contributed by atoms with Gasteiger partial charge in [-0.05, 0) is 74.2 Å². The first-order chi connectivity index (χ1) is 18.1. The Hall–Kier alpha value is -3.36. The molecule has 1 unspecified atom stereocenters. The number of hydrogen-bond donors (Lipinski definition) is 1. The first kappa shape index (κ1) is 29.2. The average Bonchev–Trinajstić information content (AvgIpc) is 2.90. The molecule has 0 aliphatic carbocycles. The van der Waals surface area contributed by atoms with Gasteiger partial charge in [0.05, 0.1) is 10.6 Å². The van der Waals surface area contributed by atoms with Crippen LogP contribution in [-0.4, -0.2) is 44.3 Å². The summed E-state index contributed by atoms with van der Waals surface area (Å²) in [4.78, 5) is 28.4. The van der Waals surface area contributed by atoms with Gasteiger partial charge < -0.3 is 10.2 Å². The Labute approximate surface area is 230 Å². The molecule has 38 heavy (non-hydrogen) atoms. The molecule has 3 aromatic rings. The zero-order valence-electron chi connectivity index (χ0n) is 22.1. The summed E-state index contributed by atoms with van der Waals surface area (Å²) in [5.41, 5.74) is 2.92. The van der Waals surface area contributed by atoms with Crippen molar-refractivity contribution in [3.63, 3.8) is 0 Å².